The van der Waals surface area contributed by atoms with Gasteiger partial charge in [-0.1, -0.05) is 31.5 Å². The SMILES string of the molecule is CC(C)(CC(=O)O)c1ccc(Br)c(F)c1Cl. The first kappa shape index (κ1) is 13.5. The van der Waals surface area contributed by atoms with E-state index in [1.807, 2.05) is 0 Å². The lowest BCUT2D eigenvalue weighted by Gasteiger charge is -2.24. The maximum atomic E-state index is 13.5. The second kappa shape index (κ2) is 4.72. The molecule has 0 aliphatic heterocycles. The van der Waals surface area contributed by atoms with E-state index < -0.39 is 17.2 Å². The Labute approximate surface area is 107 Å². The van der Waals surface area contributed by atoms with E-state index in [1.165, 1.54) is 6.07 Å². The van der Waals surface area contributed by atoms with Crippen molar-refractivity contribution in [1.29, 1.82) is 0 Å². The summed E-state index contributed by atoms with van der Waals surface area (Å²) in [6, 6.07) is 3.17. The Hall–Kier alpha value is -0.610. The highest BCUT2D eigenvalue weighted by Gasteiger charge is 2.28. The highest BCUT2D eigenvalue weighted by atomic mass is 79.9. The molecule has 1 aromatic carbocycles. The summed E-state index contributed by atoms with van der Waals surface area (Å²) in [5.41, 5.74) is -0.206. The largest absolute Gasteiger partial charge is 0.481 e. The molecule has 0 unspecified atom stereocenters. The van der Waals surface area contributed by atoms with Crippen molar-refractivity contribution in [3.8, 4) is 0 Å². The van der Waals surface area contributed by atoms with Gasteiger partial charge >= 0.3 is 5.97 Å². The summed E-state index contributed by atoms with van der Waals surface area (Å²) in [7, 11) is 0. The van der Waals surface area contributed by atoms with Crippen LogP contribution in [0.25, 0.3) is 0 Å². The third-order valence-electron chi connectivity index (χ3n) is 2.36. The number of halogens is 3. The number of benzene rings is 1. The molecule has 0 fully saturated rings. The number of carbonyl (C=O) groups is 1. The lowest BCUT2D eigenvalue weighted by molar-refractivity contribution is -0.138. The van der Waals surface area contributed by atoms with E-state index in [9.17, 15) is 9.18 Å². The Morgan fingerprint density at radius 1 is 1.56 bits per heavy atom. The maximum Gasteiger partial charge on any atom is 0.304 e. The normalized spacial score (nSPS) is 11.6. The first-order valence-corrected chi connectivity index (χ1v) is 5.78. The highest BCUT2D eigenvalue weighted by Crippen LogP contribution is 2.36. The van der Waals surface area contributed by atoms with Crippen LogP contribution in [0.4, 0.5) is 4.39 Å². The Balaban J connectivity index is 3.23. The molecule has 0 spiro atoms. The fourth-order valence-electron chi connectivity index (χ4n) is 1.52. The third-order valence-corrected chi connectivity index (χ3v) is 3.34. The minimum absolute atomic E-state index is 0.0272. The molecule has 0 aliphatic rings. The molecule has 1 aromatic rings. The Morgan fingerprint density at radius 2 is 2.12 bits per heavy atom. The second-order valence-corrected chi connectivity index (χ2v) is 5.41. The van der Waals surface area contributed by atoms with Gasteiger partial charge in [0.25, 0.3) is 0 Å². The topological polar surface area (TPSA) is 37.3 Å². The van der Waals surface area contributed by atoms with Crippen LogP contribution in [0, 0.1) is 5.82 Å². The van der Waals surface area contributed by atoms with Gasteiger partial charge in [-0.3, -0.25) is 4.79 Å². The molecule has 5 heteroatoms. The van der Waals surface area contributed by atoms with Gasteiger partial charge in [0.2, 0.25) is 0 Å². The number of carboxylic acids is 1. The van der Waals surface area contributed by atoms with Gasteiger partial charge in [0.15, 0.2) is 5.82 Å². The van der Waals surface area contributed by atoms with Gasteiger partial charge in [0, 0.05) is 5.41 Å². The number of carboxylic acid groups (broad SMARTS) is 1. The smallest absolute Gasteiger partial charge is 0.304 e. The molecule has 1 rings (SSSR count). The van der Waals surface area contributed by atoms with E-state index in [2.05, 4.69) is 15.9 Å². The zero-order valence-corrected chi connectivity index (χ0v) is 11.2. The second-order valence-electron chi connectivity index (χ2n) is 4.18. The van der Waals surface area contributed by atoms with Crippen molar-refractivity contribution in [2.45, 2.75) is 25.7 Å². The van der Waals surface area contributed by atoms with Crippen molar-refractivity contribution in [2.75, 3.05) is 0 Å². The highest BCUT2D eigenvalue weighted by molar-refractivity contribution is 9.10. The molecule has 2 nitrogen and oxygen atoms in total. The van der Waals surface area contributed by atoms with Crippen molar-refractivity contribution in [1.82, 2.24) is 0 Å². The molecular formula is C11H11BrClFO2. The summed E-state index contributed by atoms with van der Waals surface area (Å²) in [5, 5.41) is 8.75. The quantitative estimate of drug-likeness (QED) is 0.857. The molecule has 0 atom stereocenters. The number of aliphatic carboxylic acids is 1. The molecular weight excluding hydrogens is 298 g/mol. The molecule has 0 aliphatic carbocycles. The van der Waals surface area contributed by atoms with Gasteiger partial charge in [-0.15, -0.1) is 0 Å². The van der Waals surface area contributed by atoms with Crippen LogP contribution < -0.4 is 0 Å². The predicted molar refractivity (Wildman–Crippen MR) is 64.4 cm³/mol. The van der Waals surface area contributed by atoms with E-state index in [0.717, 1.165) is 0 Å². The average Bonchev–Trinajstić information content (AvgIpc) is 2.11. The van der Waals surface area contributed by atoms with Crippen molar-refractivity contribution < 1.29 is 14.3 Å². The molecule has 16 heavy (non-hydrogen) atoms. The van der Waals surface area contributed by atoms with Gasteiger partial charge in [-0.2, -0.15) is 0 Å². The average molecular weight is 310 g/mol. The summed E-state index contributed by atoms with van der Waals surface area (Å²) in [6.07, 6.45) is -0.103. The van der Waals surface area contributed by atoms with Crippen LogP contribution in [-0.2, 0) is 10.2 Å². The molecule has 0 radical (unpaired) electrons. The minimum atomic E-state index is -0.940. The van der Waals surface area contributed by atoms with Crippen molar-refractivity contribution in [3.63, 3.8) is 0 Å². The Bertz CT molecular complexity index is 432. The van der Waals surface area contributed by atoms with Crippen LogP contribution in [0.1, 0.15) is 25.8 Å². The Morgan fingerprint density at radius 3 is 2.62 bits per heavy atom. The monoisotopic (exact) mass is 308 g/mol. The molecule has 0 aromatic heterocycles. The van der Waals surface area contributed by atoms with E-state index in [4.69, 9.17) is 16.7 Å². The summed E-state index contributed by atoms with van der Waals surface area (Å²) in [5.74, 6) is -1.50. The molecule has 0 heterocycles. The lowest BCUT2D eigenvalue weighted by atomic mass is 9.81. The number of rotatable bonds is 3. The van der Waals surface area contributed by atoms with Gasteiger partial charge in [0.1, 0.15) is 0 Å². The standard InChI is InChI=1S/C11H11BrClFO2/c1-11(2,5-8(15)16)6-3-4-7(12)10(14)9(6)13/h3-4H,5H2,1-2H3,(H,15,16). The molecule has 0 amide bonds. The molecule has 0 bridgehead atoms. The van der Waals surface area contributed by atoms with Crippen LogP contribution in [0.5, 0.6) is 0 Å². The summed E-state index contributed by atoms with van der Waals surface area (Å²) in [6.45, 7) is 3.44. The number of hydrogen-bond acceptors (Lipinski definition) is 1. The fraction of sp³-hybridized carbons (Fsp3) is 0.364. The van der Waals surface area contributed by atoms with Gasteiger partial charge in [0.05, 0.1) is 15.9 Å². The van der Waals surface area contributed by atoms with Crippen molar-refractivity contribution in [3.05, 3.63) is 33.0 Å². The molecule has 0 saturated heterocycles. The van der Waals surface area contributed by atoms with Gasteiger partial charge < -0.3 is 5.11 Å². The lowest BCUT2D eigenvalue weighted by Crippen LogP contribution is -2.22. The number of hydrogen-bond donors (Lipinski definition) is 1. The van der Waals surface area contributed by atoms with Crippen LogP contribution in [-0.4, -0.2) is 11.1 Å². The molecule has 88 valence electrons. The fourth-order valence-corrected chi connectivity index (χ4v) is 2.39. The van der Waals surface area contributed by atoms with Gasteiger partial charge in [-0.05, 0) is 27.6 Å². The predicted octanol–water partition coefficient (Wildman–Crippen LogP) is 3.99. The van der Waals surface area contributed by atoms with E-state index in [0.29, 0.717) is 5.56 Å². The Kier molecular flexibility index (Phi) is 3.97. The third kappa shape index (κ3) is 2.74. The summed E-state index contributed by atoms with van der Waals surface area (Å²) >= 11 is 8.89. The van der Waals surface area contributed by atoms with Crippen LogP contribution >= 0.6 is 27.5 Å². The zero-order chi connectivity index (χ0) is 12.5. The van der Waals surface area contributed by atoms with Gasteiger partial charge in [-0.25, -0.2) is 4.39 Å². The molecule has 0 saturated carbocycles. The minimum Gasteiger partial charge on any atom is -0.481 e. The maximum absolute atomic E-state index is 13.5. The van der Waals surface area contributed by atoms with Crippen molar-refractivity contribution in [2.24, 2.45) is 0 Å². The first-order chi connectivity index (χ1) is 7.25. The first-order valence-electron chi connectivity index (χ1n) is 4.61. The van der Waals surface area contributed by atoms with Crippen LogP contribution in [0.3, 0.4) is 0 Å². The van der Waals surface area contributed by atoms with Crippen LogP contribution in [0.15, 0.2) is 16.6 Å². The van der Waals surface area contributed by atoms with Crippen molar-refractivity contribution >= 4 is 33.5 Å². The molecule has 1 N–H and O–H groups in total. The zero-order valence-electron chi connectivity index (χ0n) is 8.85. The van der Waals surface area contributed by atoms with E-state index >= 15 is 0 Å². The van der Waals surface area contributed by atoms with E-state index in [-0.39, 0.29) is 15.9 Å². The van der Waals surface area contributed by atoms with Crippen LogP contribution in [0.2, 0.25) is 5.02 Å². The van der Waals surface area contributed by atoms with E-state index in [1.54, 1.807) is 19.9 Å². The summed E-state index contributed by atoms with van der Waals surface area (Å²) in [4.78, 5) is 10.7. The summed E-state index contributed by atoms with van der Waals surface area (Å²) < 4.78 is 13.8.